The van der Waals surface area contributed by atoms with Crippen LogP contribution in [0.1, 0.15) is 73.1 Å². The zero-order valence-electron chi connectivity index (χ0n) is 22.3. The van der Waals surface area contributed by atoms with E-state index in [0.29, 0.717) is 78.2 Å². The summed E-state index contributed by atoms with van der Waals surface area (Å²) in [5.74, 6) is 0.474. The second-order valence-corrected chi connectivity index (χ2v) is 8.32. The van der Waals surface area contributed by atoms with Crippen molar-refractivity contribution >= 4 is 11.8 Å². The lowest BCUT2D eigenvalue weighted by Gasteiger charge is -2.24. The zero-order valence-corrected chi connectivity index (χ0v) is 22.3. The van der Waals surface area contributed by atoms with E-state index in [2.05, 4.69) is 30.6 Å². The van der Waals surface area contributed by atoms with Crippen molar-refractivity contribution in [3.63, 3.8) is 0 Å². The van der Waals surface area contributed by atoms with Gasteiger partial charge in [-0.1, -0.05) is 46.3 Å². The van der Waals surface area contributed by atoms with E-state index in [9.17, 15) is 9.59 Å². The molecule has 0 heterocycles. The number of rotatable bonds is 20. The maximum atomic E-state index is 12.1. The second-order valence-electron chi connectivity index (χ2n) is 8.32. The second kappa shape index (κ2) is 23.3. The minimum Gasteiger partial charge on any atom is -0.379 e. The summed E-state index contributed by atoms with van der Waals surface area (Å²) in [5, 5.41) is 5.89. The Kier molecular flexibility index (Phi) is 22.3. The molecule has 1 unspecified atom stereocenters. The van der Waals surface area contributed by atoms with Crippen LogP contribution in [0.25, 0.3) is 0 Å². The summed E-state index contributed by atoms with van der Waals surface area (Å²) in [6.45, 7) is 14.5. The molecule has 2 N–H and O–H groups in total. The predicted octanol–water partition coefficient (Wildman–Crippen LogP) is 3.64. The van der Waals surface area contributed by atoms with Crippen LogP contribution >= 0.6 is 0 Å². The van der Waals surface area contributed by atoms with E-state index in [4.69, 9.17) is 18.9 Å². The Labute approximate surface area is 207 Å². The van der Waals surface area contributed by atoms with Crippen molar-refractivity contribution in [2.45, 2.75) is 79.2 Å². The number of nitrogens with one attached hydrogen (secondary N) is 2. The normalized spacial score (nSPS) is 13.5. The Morgan fingerprint density at radius 2 is 1.35 bits per heavy atom. The summed E-state index contributed by atoms with van der Waals surface area (Å²) in [6, 6.07) is 0.109. The van der Waals surface area contributed by atoms with E-state index in [1.165, 1.54) is 24.8 Å². The summed E-state index contributed by atoms with van der Waals surface area (Å²) in [4.78, 5) is 23.4. The van der Waals surface area contributed by atoms with Gasteiger partial charge in [0, 0.05) is 25.4 Å². The van der Waals surface area contributed by atoms with Gasteiger partial charge in [0.1, 0.15) is 0 Å². The maximum Gasteiger partial charge on any atom is 0.222 e. The van der Waals surface area contributed by atoms with Crippen LogP contribution in [-0.2, 0) is 28.5 Å². The largest absolute Gasteiger partial charge is 0.379 e. The van der Waals surface area contributed by atoms with Gasteiger partial charge in [-0.05, 0) is 31.6 Å². The van der Waals surface area contributed by atoms with Crippen LogP contribution in [0.2, 0.25) is 0 Å². The Balaban J connectivity index is 0.00000529. The summed E-state index contributed by atoms with van der Waals surface area (Å²) < 4.78 is 21.7. The summed E-state index contributed by atoms with van der Waals surface area (Å²) in [6.07, 6.45) is 7.59. The number of amides is 2. The summed E-state index contributed by atoms with van der Waals surface area (Å²) in [7, 11) is 0. The van der Waals surface area contributed by atoms with Gasteiger partial charge in [-0.25, -0.2) is 0 Å². The highest BCUT2D eigenvalue weighted by atomic mass is 16.6. The van der Waals surface area contributed by atoms with Crippen LogP contribution in [0.5, 0.6) is 0 Å². The molecule has 0 aromatic carbocycles. The fourth-order valence-electron chi connectivity index (χ4n) is 2.97. The number of carbonyl (C=O) groups excluding carboxylic acids is 2. The van der Waals surface area contributed by atoms with Crippen LogP contribution in [0, 0.1) is 5.92 Å². The van der Waals surface area contributed by atoms with E-state index in [1.54, 1.807) is 0 Å². The minimum absolute atomic E-state index is 0.0275. The molecule has 0 radical (unpaired) electrons. The standard InChI is InChI=1S/C24H44N2O6.C2H6/c1-4-6-23(27)25-10-12-30-14-16-32-18-17-31-15-13-29-11-9-24(28)26-22(20(2)3)19-21-7-5-8-21;1-2/h19-20,22H,4-18H2,1-3H3,(H,25,27)(H,26,28);1-2H3. The van der Waals surface area contributed by atoms with Crippen molar-refractivity contribution in [3.8, 4) is 0 Å². The van der Waals surface area contributed by atoms with E-state index in [-0.39, 0.29) is 17.9 Å². The quantitative estimate of drug-likeness (QED) is 0.202. The van der Waals surface area contributed by atoms with Crippen LogP contribution < -0.4 is 10.6 Å². The van der Waals surface area contributed by atoms with Gasteiger partial charge in [-0.15, -0.1) is 0 Å². The van der Waals surface area contributed by atoms with Crippen molar-refractivity contribution in [1.82, 2.24) is 10.6 Å². The van der Waals surface area contributed by atoms with E-state index >= 15 is 0 Å². The van der Waals surface area contributed by atoms with Gasteiger partial charge in [0.15, 0.2) is 0 Å². The highest BCUT2D eigenvalue weighted by molar-refractivity contribution is 5.76. The third-order valence-corrected chi connectivity index (χ3v) is 5.09. The third kappa shape index (κ3) is 18.9. The lowest BCUT2D eigenvalue weighted by atomic mass is 9.88. The molecule has 0 saturated heterocycles. The highest BCUT2D eigenvalue weighted by Gasteiger charge is 2.17. The van der Waals surface area contributed by atoms with Crippen LogP contribution in [0.3, 0.4) is 0 Å². The Bertz CT molecular complexity index is 533. The zero-order chi connectivity index (χ0) is 25.4. The SMILES string of the molecule is CC.CCCC(=O)NCCOCCOCCOCCOCCC(=O)NC(C=C1CCC1)C(C)C. The first-order chi connectivity index (χ1) is 16.5. The molecule has 1 saturated carbocycles. The van der Waals surface area contributed by atoms with E-state index in [0.717, 1.165) is 6.42 Å². The Hall–Kier alpha value is -1.48. The molecule has 0 spiro atoms. The molecule has 34 heavy (non-hydrogen) atoms. The molecule has 1 aliphatic carbocycles. The molecule has 0 aliphatic heterocycles. The molecule has 0 aromatic heterocycles. The maximum absolute atomic E-state index is 12.1. The molecule has 1 atom stereocenters. The molecule has 8 nitrogen and oxygen atoms in total. The van der Waals surface area contributed by atoms with Gasteiger partial charge in [0.2, 0.25) is 11.8 Å². The lowest BCUT2D eigenvalue weighted by molar-refractivity contribution is -0.123. The van der Waals surface area contributed by atoms with Crippen molar-refractivity contribution < 1.29 is 28.5 Å². The topological polar surface area (TPSA) is 95.1 Å². The number of ether oxygens (including phenoxy) is 4. The molecule has 1 fully saturated rings. The smallest absolute Gasteiger partial charge is 0.222 e. The van der Waals surface area contributed by atoms with Crippen LogP contribution in [-0.4, -0.2) is 77.3 Å². The van der Waals surface area contributed by atoms with E-state index < -0.39 is 0 Å². The van der Waals surface area contributed by atoms with Crippen molar-refractivity contribution in [3.05, 3.63) is 11.6 Å². The predicted molar refractivity (Wildman–Crippen MR) is 136 cm³/mol. The average Bonchev–Trinajstić information content (AvgIpc) is 2.79. The van der Waals surface area contributed by atoms with Crippen molar-refractivity contribution in [2.75, 3.05) is 59.4 Å². The van der Waals surface area contributed by atoms with Crippen molar-refractivity contribution in [1.29, 1.82) is 0 Å². The van der Waals surface area contributed by atoms with Crippen LogP contribution in [0.15, 0.2) is 11.6 Å². The molecular weight excluding hydrogens is 436 g/mol. The first kappa shape index (κ1) is 32.5. The van der Waals surface area contributed by atoms with Gasteiger partial charge in [0.05, 0.1) is 52.9 Å². The molecule has 1 aliphatic rings. The summed E-state index contributed by atoms with van der Waals surface area (Å²) in [5.41, 5.74) is 1.46. The van der Waals surface area contributed by atoms with Crippen molar-refractivity contribution in [2.24, 2.45) is 5.92 Å². The molecule has 200 valence electrons. The van der Waals surface area contributed by atoms with Crippen LogP contribution in [0.4, 0.5) is 0 Å². The van der Waals surface area contributed by atoms with Gasteiger partial charge in [0.25, 0.3) is 0 Å². The molecule has 1 rings (SSSR count). The number of hydrogen-bond donors (Lipinski definition) is 2. The third-order valence-electron chi connectivity index (χ3n) is 5.09. The fourth-order valence-corrected chi connectivity index (χ4v) is 2.97. The number of hydrogen-bond acceptors (Lipinski definition) is 6. The molecule has 8 heteroatoms. The first-order valence-electron chi connectivity index (χ1n) is 13.1. The highest BCUT2D eigenvalue weighted by Crippen LogP contribution is 2.26. The molecule has 0 aromatic rings. The Morgan fingerprint density at radius 1 is 0.824 bits per heavy atom. The molecule has 2 amide bonds. The van der Waals surface area contributed by atoms with Gasteiger partial charge < -0.3 is 29.6 Å². The van der Waals surface area contributed by atoms with Gasteiger partial charge in [-0.2, -0.15) is 0 Å². The first-order valence-corrected chi connectivity index (χ1v) is 13.1. The lowest BCUT2D eigenvalue weighted by Crippen LogP contribution is -2.38. The average molecular weight is 487 g/mol. The van der Waals surface area contributed by atoms with Gasteiger partial charge in [-0.3, -0.25) is 9.59 Å². The number of carbonyl (C=O) groups is 2. The summed E-state index contributed by atoms with van der Waals surface area (Å²) >= 11 is 0. The van der Waals surface area contributed by atoms with E-state index in [1.807, 2.05) is 20.8 Å². The fraction of sp³-hybridized carbons (Fsp3) is 0.846. The molecular formula is C26H50N2O6. The molecule has 0 bridgehead atoms. The monoisotopic (exact) mass is 486 g/mol. The Morgan fingerprint density at radius 3 is 1.82 bits per heavy atom. The number of allylic oxidation sites excluding steroid dienone is 1. The minimum atomic E-state index is 0.0275. The van der Waals surface area contributed by atoms with Gasteiger partial charge >= 0.3 is 0 Å².